The molecule has 108 valence electrons. The first kappa shape index (κ1) is 13.6. The lowest BCUT2D eigenvalue weighted by Gasteiger charge is -2.25. The van der Waals surface area contributed by atoms with Gasteiger partial charge in [-0.2, -0.15) is 0 Å². The van der Waals surface area contributed by atoms with Crippen molar-refractivity contribution in [3.63, 3.8) is 0 Å². The molecule has 1 atom stereocenters. The fourth-order valence-corrected chi connectivity index (χ4v) is 3.35. The molecule has 1 aromatic heterocycles. The quantitative estimate of drug-likeness (QED) is 0.866. The van der Waals surface area contributed by atoms with Gasteiger partial charge in [-0.15, -0.1) is 0 Å². The number of para-hydroxylation sites is 1. The Balaban J connectivity index is 1.81. The van der Waals surface area contributed by atoms with Crippen molar-refractivity contribution in [3.8, 4) is 0 Å². The average molecular weight is 275 g/mol. The molecule has 0 radical (unpaired) electrons. The van der Waals surface area contributed by atoms with Crippen LogP contribution < -0.4 is 5.32 Å². The summed E-state index contributed by atoms with van der Waals surface area (Å²) in [5.74, 6) is 1.35. The highest BCUT2D eigenvalue weighted by Gasteiger charge is 2.22. The van der Waals surface area contributed by atoms with Crippen molar-refractivity contribution >= 4 is 11.0 Å². The van der Waals surface area contributed by atoms with Gasteiger partial charge in [-0.3, -0.25) is 0 Å². The van der Waals surface area contributed by atoms with Crippen molar-refractivity contribution in [3.05, 3.63) is 35.8 Å². The van der Waals surface area contributed by atoms with Gasteiger partial charge < -0.3 is 9.73 Å². The minimum atomic E-state index is -0.277. The predicted octanol–water partition coefficient (Wildman–Crippen LogP) is 4.80. The SMILES string of the molecule is CNC(CC1CCCCC1)c1cc2cccc(F)c2o1. The van der Waals surface area contributed by atoms with Crippen LogP contribution in [-0.4, -0.2) is 7.05 Å². The zero-order valence-electron chi connectivity index (χ0n) is 12.0. The van der Waals surface area contributed by atoms with Gasteiger partial charge in [0.1, 0.15) is 5.76 Å². The van der Waals surface area contributed by atoms with Crippen LogP contribution in [0.1, 0.15) is 50.3 Å². The standard InChI is InChI=1S/C17H22FNO/c1-19-15(10-12-6-3-2-4-7-12)16-11-13-8-5-9-14(18)17(13)20-16/h5,8-9,11-12,15,19H,2-4,6-7,10H2,1H3. The summed E-state index contributed by atoms with van der Waals surface area (Å²) >= 11 is 0. The fraction of sp³-hybridized carbons (Fsp3) is 0.529. The summed E-state index contributed by atoms with van der Waals surface area (Å²) in [5.41, 5.74) is 0.381. The zero-order chi connectivity index (χ0) is 13.9. The van der Waals surface area contributed by atoms with Gasteiger partial charge in [0.15, 0.2) is 11.4 Å². The normalized spacial score (nSPS) is 18.5. The Bertz CT molecular complexity index is 571. The number of hydrogen-bond acceptors (Lipinski definition) is 2. The maximum Gasteiger partial charge on any atom is 0.169 e. The van der Waals surface area contributed by atoms with E-state index in [0.717, 1.165) is 23.5 Å². The fourth-order valence-electron chi connectivity index (χ4n) is 3.35. The van der Waals surface area contributed by atoms with E-state index in [1.54, 1.807) is 6.07 Å². The van der Waals surface area contributed by atoms with Gasteiger partial charge in [-0.1, -0.05) is 44.2 Å². The molecule has 2 aromatic rings. The molecular weight excluding hydrogens is 253 g/mol. The second-order valence-corrected chi connectivity index (χ2v) is 5.89. The van der Waals surface area contributed by atoms with Gasteiger partial charge in [-0.05, 0) is 31.5 Å². The number of fused-ring (bicyclic) bond motifs is 1. The van der Waals surface area contributed by atoms with E-state index in [-0.39, 0.29) is 11.9 Å². The number of rotatable bonds is 4. The molecule has 1 fully saturated rings. The van der Waals surface area contributed by atoms with Gasteiger partial charge in [0.05, 0.1) is 6.04 Å². The maximum absolute atomic E-state index is 13.7. The molecular formula is C17H22FNO. The summed E-state index contributed by atoms with van der Waals surface area (Å²) < 4.78 is 19.5. The first-order valence-corrected chi connectivity index (χ1v) is 7.63. The van der Waals surface area contributed by atoms with Crippen LogP contribution in [0.3, 0.4) is 0 Å². The van der Waals surface area contributed by atoms with Crippen molar-refractivity contribution in [2.45, 2.75) is 44.6 Å². The molecule has 1 saturated carbocycles. The molecule has 0 aliphatic heterocycles. The first-order chi connectivity index (χ1) is 9.78. The summed E-state index contributed by atoms with van der Waals surface area (Å²) in [6.07, 6.45) is 7.76. The average Bonchev–Trinajstić information content (AvgIpc) is 2.91. The lowest BCUT2D eigenvalue weighted by Crippen LogP contribution is -2.20. The highest BCUT2D eigenvalue weighted by atomic mass is 19.1. The van der Waals surface area contributed by atoms with Crippen molar-refractivity contribution in [2.75, 3.05) is 7.05 Å². The molecule has 20 heavy (non-hydrogen) atoms. The third-order valence-electron chi connectivity index (χ3n) is 4.50. The highest BCUT2D eigenvalue weighted by molar-refractivity contribution is 5.78. The molecule has 1 N–H and O–H groups in total. The number of nitrogens with one attached hydrogen (secondary N) is 1. The summed E-state index contributed by atoms with van der Waals surface area (Å²) in [4.78, 5) is 0. The molecule has 3 heteroatoms. The minimum absolute atomic E-state index is 0.185. The number of furan rings is 1. The molecule has 1 aliphatic carbocycles. The van der Waals surface area contributed by atoms with Crippen LogP contribution in [0, 0.1) is 11.7 Å². The van der Waals surface area contributed by atoms with Crippen LogP contribution in [0.15, 0.2) is 28.7 Å². The Morgan fingerprint density at radius 3 is 2.80 bits per heavy atom. The van der Waals surface area contributed by atoms with E-state index in [2.05, 4.69) is 5.32 Å². The summed E-state index contributed by atoms with van der Waals surface area (Å²) in [7, 11) is 1.96. The first-order valence-electron chi connectivity index (χ1n) is 7.63. The summed E-state index contributed by atoms with van der Waals surface area (Å²) in [6.45, 7) is 0. The third kappa shape index (κ3) is 2.73. The van der Waals surface area contributed by atoms with Gasteiger partial charge in [-0.25, -0.2) is 4.39 Å². The summed E-state index contributed by atoms with van der Waals surface area (Å²) in [5, 5.41) is 4.18. The van der Waals surface area contributed by atoms with Crippen LogP contribution in [0.2, 0.25) is 0 Å². The van der Waals surface area contributed by atoms with Gasteiger partial charge in [0.2, 0.25) is 0 Å². The Hall–Kier alpha value is -1.35. The molecule has 0 amide bonds. The van der Waals surface area contributed by atoms with E-state index in [0.29, 0.717) is 5.58 Å². The Morgan fingerprint density at radius 1 is 1.30 bits per heavy atom. The van der Waals surface area contributed by atoms with E-state index in [9.17, 15) is 4.39 Å². The number of hydrogen-bond donors (Lipinski definition) is 1. The van der Waals surface area contributed by atoms with E-state index in [1.807, 2.05) is 19.2 Å². The molecule has 1 unspecified atom stereocenters. The van der Waals surface area contributed by atoms with E-state index < -0.39 is 0 Å². The van der Waals surface area contributed by atoms with Crippen molar-refractivity contribution in [1.29, 1.82) is 0 Å². The molecule has 2 nitrogen and oxygen atoms in total. The number of halogens is 1. The lowest BCUT2D eigenvalue weighted by molar-refractivity contribution is 0.289. The van der Waals surface area contributed by atoms with Crippen molar-refractivity contribution in [2.24, 2.45) is 5.92 Å². The lowest BCUT2D eigenvalue weighted by atomic mass is 9.84. The van der Waals surface area contributed by atoms with Gasteiger partial charge in [0, 0.05) is 5.39 Å². The van der Waals surface area contributed by atoms with Crippen molar-refractivity contribution in [1.82, 2.24) is 5.32 Å². The largest absolute Gasteiger partial charge is 0.456 e. The molecule has 0 bridgehead atoms. The Labute approximate surface area is 119 Å². The van der Waals surface area contributed by atoms with E-state index in [1.165, 1.54) is 38.2 Å². The molecule has 1 heterocycles. The Kier molecular flexibility index (Phi) is 4.06. The van der Waals surface area contributed by atoms with Crippen LogP contribution in [0.5, 0.6) is 0 Å². The molecule has 0 saturated heterocycles. The molecule has 0 spiro atoms. The topological polar surface area (TPSA) is 25.2 Å². The monoisotopic (exact) mass is 275 g/mol. The molecule has 1 aromatic carbocycles. The van der Waals surface area contributed by atoms with Crippen molar-refractivity contribution < 1.29 is 8.81 Å². The highest BCUT2D eigenvalue weighted by Crippen LogP contribution is 2.34. The smallest absolute Gasteiger partial charge is 0.169 e. The van der Waals surface area contributed by atoms with Crippen LogP contribution in [0.4, 0.5) is 4.39 Å². The molecule has 1 aliphatic rings. The van der Waals surface area contributed by atoms with Gasteiger partial charge in [0.25, 0.3) is 0 Å². The minimum Gasteiger partial charge on any atom is -0.456 e. The Morgan fingerprint density at radius 2 is 2.10 bits per heavy atom. The third-order valence-corrected chi connectivity index (χ3v) is 4.50. The van der Waals surface area contributed by atoms with Crippen LogP contribution >= 0.6 is 0 Å². The summed E-state index contributed by atoms with van der Waals surface area (Å²) in [6, 6.07) is 7.24. The van der Waals surface area contributed by atoms with Crippen LogP contribution in [-0.2, 0) is 0 Å². The second kappa shape index (κ2) is 5.96. The number of benzene rings is 1. The maximum atomic E-state index is 13.7. The van der Waals surface area contributed by atoms with E-state index >= 15 is 0 Å². The predicted molar refractivity (Wildman–Crippen MR) is 79.2 cm³/mol. The van der Waals surface area contributed by atoms with Crippen LogP contribution in [0.25, 0.3) is 11.0 Å². The zero-order valence-corrected chi connectivity index (χ0v) is 12.0. The molecule has 3 rings (SSSR count). The van der Waals surface area contributed by atoms with Gasteiger partial charge >= 0.3 is 0 Å². The second-order valence-electron chi connectivity index (χ2n) is 5.89. The van der Waals surface area contributed by atoms with E-state index in [4.69, 9.17) is 4.42 Å².